The van der Waals surface area contributed by atoms with Crippen LogP contribution in [0, 0.1) is 5.92 Å². The Kier molecular flexibility index (Phi) is 3.57. The predicted octanol–water partition coefficient (Wildman–Crippen LogP) is 1.86. The van der Waals surface area contributed by atoms with Gasteiger partial charge in [-0.15, -0.1) is 11.3 Å². The minimum atomic E-state index is -0.0930. The van der Waals surface area contributed by atoms with E-state index in [0.29, 0.717) is 10.7 Å². The number of aromatic nitrogens is 1. The highest BCUT2D eigenvalue weighted by atomic mass is 32.1. The zero-order chi connectivity index (χ0) is 9.84. The van der Waals surface area contributed by atoms with E-state index in [1.165, 1.54) is 11.3 Å². The van der Waals surface area contributed by atoms with Crippen molar-refractivity contribution in [2.75, 3.05) is 0 Å². The van der Waals surface area contributed by atoms with Gasteiger partial charge in [-0.1, -0.05) is 13.8 Å². The largest absolute Gasteiger partial charge is 0.390 e. The molecule has 0 fully saturated rings. The van der Waals surface area contributed by atoms with Crippen LogP contribution in [0.25, 0.3) is 0 Å². The van der Waals surface area contributed by atoms with Crippen LogP contribution < -0.4 is 0 Å². The summed E-state index contributed by atoms with van der Waals surface area (Å²) >= 11 is 1.31. The van der Waals surface area contributed by atoms with E-state index < -0.39 is 0 Å². The van der Waals surface area contributed by atoms with Crippen LogP contribution in [0.5, 0.6) is 0 Å². The fourth-order valence-corrected chi connectivity index (χ4v) is 1.75. The van der Waals surface area contributed by atoms with Gasteiger partial charge in [-0.05, 0) is 6.42 Å². The fraction of sp³-hybridized carbons (Fsp3) is 0.556. The lowest BCUT2D eigenvalue weighted by atomic mass is 10.0. The summed E-state index contributed by atoms with van der Waals surface area (Å²) in [7, 11) is 0. The van der Waals surface area contributed by atoms with E-state index in [-0.39, 0.29) is 18.3 Å². The Morgan fingerprint density at radius 1 is 1.77 bits per heavy atom. The van der Waals surface area contributed by atoms with Crippen molar-refractivity contribution in [3.05, 3.63) is 16.1 Å². The molecule has 72 valence electrons. The third kappa shape index (κ3) is 2.35. The number of carbonyl (C=O) groups excluding carboxylic acids is 1. The lowest BCUT2D eigenvalue weighted by Crippen LogP contribution is -2.09. The van der Waals surface area contributed by atoms with Crippen molar-refractivity contribution >= 4 is 17.1 Å². The molecule has 0 aliphatic rings. The molecular weight excluding hydrogens is 186 g/mol. The number of Topliss-reactive ketones (excluding diaryl/α,β-unsaturated/α-hetero) is 1. The molecule has 1 N–H and O–H groups in total. The highest BCUT2D eigenvalue weighted by Crippen LogP contribution is 2.16. The molecule has 0 saturated carbocycles. The molecule has 1 atom stereocenters. The summed E-state index contributed by atoms with van der Waals surface area (Å²) in [6.45, 7) is 3.77. The topological polar surface area (TPSA) is 50.2 Å². The summed E-state index contributed by atoms with van der Waals surface area (Å²) in [6.07, 6.45) is 0.826. The van der Waals surface area contributed by atoms with Crippen LogP contribution in [0.3, 0.4) is 0 Å². The standard InChI is InChI=1S/C9H13NO2S/c1-3-6(2)8(12)9-10-7(4-11)5-13-9/h5-6,11H,3-4H2,1-2H3. The smallest absolute Gasteiger partial charge is 0.194 e. The van der Waals surface area contributed by atoms with Crippen LogP contribution >= 0.6 is 11.3 Å². The number of aliphatic hydroxyl groups excluding tert-OH is 1. The molecule has 1 unspecified atom stereocenters. The lowest BCUT2D eigenvalue weighted by molar-refractivity contribution is 0.0926. The summed E-state index contributed by atoms with van der Waals surface area (Å²) in [5, 5.41) is 11.0. The molecule has 0 radical (unpaired) electrons. The molecule has 0 amide bonds. The zero-order valence-electron chi connectivity index (χ0n) is 7.78. The van der Waals surface area contributed by atoms with E-state index in [2.05, 4.69) is 4.98 Å². The van der Waals surface area contributed by atoms with Crippen molar-refractivity contribution in [3.8, 4) is 0 Å². The molecule has 0 bridgehead atoms. The Labute approximate surface area is 81.4 Å². The second kappa shape index (κ2) is 4.48. The second-order valence-electron chi connectivity index (χ2n) is 2.98. The minimum absolute atomic E-state index is 0.0256. The molecule has 13 heavy (non-hydrogen) atoms. The second-order valence-corrected chi connectivity index (χ2v) is 3.83. The molecule has 3 nitrogen and oxygen atoms in total. The first-order valence-corrected chi connectivity index (χ1v) is 5.16. The Balaban J connectivity index is 2.77. The van der Waals surface area contributed by atoms with Crippen LogP contribution in [0.1, 0.15) is 35.8 Å². The van der Waals surface area contributed by atoms with Crippen molar-refractivity contribution in [1.82, 2.24) is 4.98 Å². The summed E-state index contributed by atoms with van der Waals surface area (Å²) in [6, 6.07) is 0. The molecule has 1 heterocycles. The van der Waals surface area contributed by atoms with Gasteiger partial charge in [0.15, 0.2) is 10.8 Å². The maximum Gasteiger partial charge on any atom is 0.194 e. The van der Waals surface area contributed by atoms with Gasteiger partial charge >= 0.3 is 0 Å². The number of hydrogen-bond acceptors (Lipinski definition) is 4. The first kappa shape index (κ1) is 10.3. The number of hydrogen-bond donors (Lipinski definition) is 1. The predicted molar refractivity (Wildman–Crippen MR) is 51.8 cm³/mol. The van der Waals surface area contributed by atoms with Crippen molar-refractivity contribution in [1.29, 1.82) is 0 Å². The molecule has 1 rings (SSSR count). The van der Waals surface area contributed by atoms with Crippen LogP contribution in [0.2, 0.25) is 0 Å². The maximum absolute atomic E-state index is 11.6. The highest BCUT2D eigenvalue weighted by Gasteiger charge is 2.16. The zero-order valence-corrected chi connectivity index (χ0v) is 8.60. The number of carbonyl (C=O) groups is 1. The van der Waals surface area contributed by atoms with Gasteiger partial charge in [-0.2, -0.15) is 0 Å². The van der Waals surface area contributed by atoms with Crippen molar-refractivity contribution in [3.63, 3.8) is 0 Å². The van der Waals surface area contributed by atoms with Crippen molar-refractivity contribution < 1.29 is 9.90 Å². The first-order chi connectivity index (χ1) is 6.19. The summed E-state index contributed by atoms with van der Waals surface area (Å²) < 4.78 is 0. The van der Waals surface area contributed by atoms with Crippen molar-refractivity contribution in [2.45, 2.75) is 26.9 Å². The molecule has 0 aliphatic carbocycles. The normalized spacial score (nSPS) is 12.8. The van der Waals surface area contributed by atoms with Crippen molar-refractivity contribution in [2.24, 2.45) is 5.92 Å². The monoisotopic (exact) mass is 199 g/mol. The third-order valence-corrected chi connectivity index (χ3v) is 2.89. The van der Waals surface area contributed by atoms with Crippen LogP contribution in [-0.4, -0.2) is 15.9 Å². The quantitative estimate of drug-likeness (QED) is 0.753. The van der Waals surface area contributed by atoms with Gasteiger partial charge in [0, 0.05) is 11.3 Å². The van der Waals surface area contributed by atoms with Crippen LogP contribution in [0.15, 0.2) is 5.38 Å². The number of aliphatic hydroxyl groups is 1. The summed E-state index contributed by atoms with van der Waals surface area (Å²) in [5.41, 5.74) is 0.580. The fourth-order valence-electron chi connectivity index (χ4n) is 0.889. The van der Waals surface area contributed by atoms with Crippen LogP contribution in [0.4, 0.5) is 0 Å². The van der Waals surface area contributed by atoms with Crippen LogP contribution in [-0.2, 0) is 6.61 Å². The minimum Gasteiger partial charge on any atom is -0.390 e. The first-order valence-electron chi connectivity index (χ1n) is 4.28. The van der Waals surface area contributed by atoms with Gasteiger partial charge in [0.2, 0.25) is 0 Å². The third-order valence-electron chi connectivity index (χ3n) is 1.98. The molecule has 0 aromatic carbocycles. The molecular formula is C9H13NO2S. The Bertz CT molecular complexity index is 296. The molecule has 0 aliphatic heterocycles. The van der Waals surface area contributed by atoms with E-state index in [1.807, 2.05) is 13.8 Å². The van der Waals surface area contributed by atoms with Gasteiger partial charge < -0.3 is 5.11 Å². The Hall–Kier alpha value is -0.740. The number of rotatable bonds is 4. The van der Waals surface area contributed by atoms with Gasteiger partial charge in [0.25, 0.3) is 0 Å². The molecule has 1 aromatic rings. The van der Waals surface area contributed by atoms with Gasteiger partial charge in [-0.25, -0.2) is 4.98 Å². The molecule has 1 aromatic heterocycles. The average molecular weight is 199 g/mol. The number of thiazole rings is 1. The average Bonchev–Trinajstić information content (AvgIpc) is 2.63. The van der Waals surface area contributed by atoms with E-state index in [9.17, 15) is 4.79 Å². The summed E-state index contributed by atoms with van der Waals surface area (Å²) in [4.78, 5) is 15.6. The maximum atomic E-state index is 11.6. The van der Waals surface area contributed by atoms with E-state index in [1.54, 1.807) is 5.38 Å². The number of nitrogens with zero attached hydrogens (tertiary/aromatic N) is 1. The SMILES string of the molecule is CCC(C)C(=O)c1nc(CO)cs1. The molecule has 0 saturated heterocycles. The number of ketones is 1. The summed E-state index contributed by atoms with van der Waals surface area (Å²) in [5.74, 6) is 0.102. The van der Waals surface area contributed by atoms with Gasteiger partial charge in [-0.3, -0.25) is 4.79 Å². The molecule has 0 spiro atoms. The lowest BCUT2D eigenvalue weighted by Gasteiger charge is -2.02. The van der Waals surface area contributed by atoms with Gasteiger partial charge in [0.1, 0.15) is 0 Å². The highest BCUT2D eigenvalue weighted by molar-refractivity contribution is 7.11. The van der Waals surface area contributed by atoms with E-state index in [0.717, 1.165) is 6.42 Å². The Morgan fingerprint density at radius 3 is 2.92 bits per heavy atom. The van der Waals surface area contributed by atoms with Gasteiger partial charge in [0.05, 0.1) is 12.3 Å². The Morgan fingerprint density at radius 2 is 2.46 bits per heavy atom. The van der Waals surface area contributed by atoms with E-state index >= 15 is 0 Å². The molecule has 4 heteroatoms. The van der Waals surface area contributed by atoms with E-state index in [4.69, 9.17) is 5.11 Å².